The number of benzene rings is 2. The fourth-order valence-electron chi connectivity index (χ4n) is 5.71. The molecule has 10 heteroatoms. The van der Waals surface area contributed by atoms with Gasteiger partial charge >= 0.3 is 0 Å². The van der Waals surface area contributed by atoms with Crippen molar-refractivity contribution in [1.29, 1.82) is 5.26 Å². The van der Waals surface area contributed by atoms with E-state index in [1.165, 1.54) is 6.20 Å². The molecule has 8 nitrogen and oxygen atoms in total. The van der Waals surface area contributed by atoms with E-state index in [2.05, 4.69) is 16.0 Å². The summed E-state index contributed by atoms with van der Waals surface area (Å²) in [6.07, 6.45) is 10.3. The van der Waals surface area contributed by atoms with Crippen LogP contribution in [0.3, 0.4) is 0 Å². The first-order valence-corrected chi connectivity index (χ1v) is 15.7. The predicted molar refractivity (Wildman–Crippen MR) is 174 cm³/mol. The predicted octanol–water partition coefficient (Wildman–Crippen LogP) is 5.92. The highest BCUT2D eigenvalue weighted by molar-refractivity contribution is 6.32. The molecular weight excluding hydrogens is 613 g/mol. The number of alkyl halides is 1. The lowest BCUT2D eigenvalue weighted by Crippen LogP contribution is -2.55. The fraction of sp³-hybridized carbons (Fsp3) is 0.371. The van der Waals surface area contributed by atoms with Crippen molar-refractivity contribution in [1.82, 2.24) is 9.88 Å². The number of aromatic nitrogens is 1. The third-order valence-electron chi connectivity index (χ3n) is 8.29. The minimum atomic E-state index is -1.07. The summed E-state index contributed by atoms with van der Waals surface area (Å²) >= 11 is 14.1. The largest absolute Gasteiger partial charge is 0.488 e. The molecule has 0 radical (unpaired) electrons. The van der Waals surface area contributed by atoms with E-state index in [1.54, 1.807) is 24.4 Å². The number of aliphatic hydroxyl groups excluding tert-OH is 2. The normalized spacial score (nSPS) is 23.0. The minimum Gasteiger partial charge on any atom is -0.488 e. The van der Waals surface area contributed by atoms with Crippen molar-refractivity contribution in [2.75, 3.05) is 32.8 Å². The lowest BCUT2D eigenvalue weighted by molar-refractivity contribution is -0.0540. The first-order chi connectivity index (χ1) is 21.7. The number of halogens is 2. The lowest BCUT2D eigenvalue weighted by Gasteiger charge is -2.45. The van der Waals surface area contributed by atoms with Crippen LogP contribution < -0.4 is 9.47 Å². The van der Waals surface area contributed by atoms with Gasteiger partial charge in [-0.25, -0.2) is 0 Å². The minimum absolute atomic E-state index is 0.0435. The Balaban J connectivity index is 1.37. The van der Waals surface area contributed by atoms with Crippen LogP contribution in [0.4, 0.5) is 0 Å². The van der Waals surface area contributed by atoms with Gasteiger partial charge in [0.2, 0.25) is 0 Å². The molecule has 1 aliphatic heterocycles. The van der Waals surface area contributed by atoms with Crippen molar-refractivity contribution >= 4 is 28.8 Å². The zero-order valence-electron chi connectivity index (χ0n) is 25.2. The molecule has 2 heterocycles. The standard InChI is InChI=1S/C35H37Cl2N3O5/c1-34(37)30(27-7-3-2-4-8-27)9-5-11-35(34,45-14-6-12-40-13-10-29(42)21-40)24-44-33-17-32(28(22-41)16-31(33)36)43-23-26-15-25(18-38)19-39-20-26/h2-5,7-9,11,15-17,19-20,29,41-42H,6,10,12-14,21-24H2,1H3/t29?,34-,35?/m1/s1. The highest BCUT2D eigenvalue weighted by Crippen LogP contribution is 2.47. The summed E-state index contributed by atoms with van der Waals surface area (Å²) in [5.41, 5.74) is 2.44. The number of nitriles is 1. The third kappa shape index (κ3) is 7.70. The Kier molecular flexibility index (Phi) is 10.8. The van der Waals surface area contributed by atoms with Gasteiger partial charge in [-0.2, -0.15) is 5.26 Å². The summed E-state index contributed by atoms with van der Waals surface area (Å²) in [7, 11) is 0. The average molecular weight is 651 g/mol. The van der Waals surface area contributed by atoms with E-state index in [0.29, 0.717) is 46.4 Å². The van der Waals surface area contributed by atoms with Crippen molar-refractivity contribution in [2.45, 2.75) is 49.6 Å². The average Bonchev–Trinajstić information content (AvgIpc) is 3.47. The second kappa shape index (κ2) is 14.8. The van der Waals surface area contributed by atoms with Gasteiger partial charge in [-0.05, 0) is 49.1 Å². The van der Waals surface area contributed by atoms with Crippen LogP contribution >= 0.6 is 23.2 Å². The molecule has 2 N–H and O–H groups in total. The van der Waals surface area contributed by atoms with E-state index in [-0.39, 0.29) is 25.9 Å². The van der Waals surface area contributed by atoms with Crippen LogP contribution in [0.25, 0.3) is 5.57 Å². The topological polar surface area (TPSA) is 108 Å². The van der Waals surface area contributed by atoms with E-state index in [1.807, 2.05) is 55.5 Å². The highest BCUT2D eigenvalue weighted by atomic mass is 35.5. The number of nitrogens with zero attached hydrogens (tertiary/aromatic N) is 3. The lowest BCUT2D eigenvalue weighted by atomic mass is 9.76. The van der Waals surface area contributed by atoms with Gasteiger partial charge in [-0.1, -0.05) is 54.1 Å². The zero-order chi connectivity index (χ0) is 31.9. The summed E-state index contributed by atoms with van der Waals surface area (Å²) in [6.45, 7) is 4.59. The van der Waals surface area contributed by atoms with Crippen LogP contribution in [-0.2, 0) is 18.0 Å². The van der Waals surface area contributed by atoms with Crippen molar-refractivity contribution < 1.29 is 24.4 Å². The Bertz CT molecular complexity index is 1570. The number of β-amino-alcohol motifs (C(OH)–C–C–N with tert-alkyl or cyclic N) is 1. The summed E-state index contributed by atoms with van der Waals surface area (Å²) in [5.74, 6) is 0.734. The molecule has 1 saturated heterocycles. The fourth-order valence-corrected chi connectivity index (χ4v) is 6.30. The molecule has 0 bridgehead atoms. The first-order valence-electron chi connectivity index (χ1n) is 15.0. The molecule has 45 heavy (non-hydrogen) atoms. The van der Waals surface area contributed by atoms with E-state index in [0.717, 1.165) is 37.1 Å². The maximum Gasteiger partial charge on any atom is 0.143 e. The third-order valence-corrected chi connectivity index (χ3v) is 9.10. The number of hydrogen-bond acceptors (Lipinski definition) is 8. The molecule has 3 aromatic rings. The maximum absolute atomic E-state index is 10.0. The molecule has 1 aliphatic carbocycles. The van der Waals surface area contributed by atoms with Crippen LogP contribution in [0.15, 0.2) is 79.2 Å². The number of ether oxygens (including phenoxy) is 3. The SMILES string of the molecule is C[C@@]1(Cl)C(c2ccccc2)=CC=CC1(COc1cc(OCc2cncc(C#N)c2)c(CO)cc1Cl)OCCCN1CCC(O)C1. The van der Waals surface area contributed by atoms with E-state index < -0.39 is 10.5 Å². The van der Waals surface area contributed by atoms with Crippen LogP contribution in [0, 0.1) is 11.3 Å². The highest BCUT2D eigenvalue weighted by Gasteiger charge is 2.51. The first kappa shape index (κ1) is 33.0. The number of pyridine rings is 1. The number of hydrogen-bond donors (Lipinski definition) is 2. The second-order valence-electron chi connectivity index (χ2n) is 11.5. The van der Waals surface area contributed by atoms with Crippen LogP contribution in [0.1, 0.15) is 42.0 Å². The Labute approximate surface area is 274 Å². The number of rotatable bonds is 13. The van der Waals surface area contributed by atoms with Crippen molar-refractivity contribution in [3.8, 4) is 17.6 Å². The van der Waals surface area contributed by atoms with E-state index in [9.17, 15) is 15.5 Å². The molecule has 236 valence electrons. The van der Waals surface area contributed by atoms with Crippen molar-refractivity contribution in [3.63, 3.8) is 0 Å². The Morgan fingerprint density at radius 2 is 1.96 bits per heavy atom. The molecule has 2 aromatic carbocycles. The van der Waals surface area contributed by atoms with Crippen LogP contribution in [0.2, 0.25) is 5.02 Å². The molecule has 1 fully saturated rings. The maximum atomic E-state index is 10.0. The molecule has 0 spiro atoms. The number of allylic oxidation sites excluding steroid dienone is 2. The van der Waals surface area contributed by atoms with Crippen LogP contribution in [0.5, 0.6) is 11.5 Å². The molecule has 1 aromatic heterocycles. The molecule has 2 unspecified atom stereocenters. The molecule has 0 saturated carbocycles. The summed E-state index contributed by atoms with van der Waals surface area (Å²) in [6, 6.07) is 17.0. The van der Waals surface area contributed by atoms with Gasteiger partial charge in [0.1, 0.15) is 41.3 Å². The Morgan fingerprint density at radius 1 is 1.13 bits per heavy atom. The molecule has 0 amide bonds. The Morgan fingerprint density at radius 3 is 2.69 bits per heavy atom. The number of aliphatic hydroxyl groups is 2. The smallest absolute Gasteiger partial charge is 0.143 e. The van der Waals surface area contributed by atoms with Gasteiger partial charge in [0.15, 0.2) is 0 Å². The monoisotopic (exact) mass is 649 g/mol. The number of likely N-dealkylation sites (tertiary alicyclic amines) is 1. The summed E-state index contributed by atoms with van der Waals surface area (Å²) in [5, 5.41) is 29.4. The summed E-state index contributed by atoms with van der Waals surface area (Å²) < 4.78 is 19.1. The van der Waals surface area contributed by atoms with E-state index in [4.69, 9.17) is 37.4 Å². The molecule has 2 aliphatic rings. The van der Waals surface area contributed by atoms with Gasteiger partial charge in [0, 0.05) is 55.8 Å². The van der Waals surface area contributed by atoms with Gasteiger partial charge in [-0.15, -0.1) is 11.6 Å². The van der Waals surface area contributed by atoms with Gasteiger partial charge in [0.25, 0.3) is 0 Å². The molecule has 5 rings (SSSR count). The second-order valence-corrected chi connectivity index (χ2v) is 12.6. The van der Waals surface area contributed by atoms with Gasteiger partial charge < -0.3 is 29.3 Å². The zero-order valence-corrected chi connectivity index (χ0v) is 26.7. The quantitative estimate of drug-likeness (QED) is 0.174. The van der Waals surface area contributed by atoms with Crippen LogP contribution in [-0.4, -0.2) is 69.5 Å². The van der Waals surface area contributed by atoms with E-state index >= 15 is 0 Å². The van der Waals surface area contributed by atoms with Gasteiger partial charge in [-0.3, -0.25) is 4.98 Å². The summed E-state index contributed by atoms with van der Waals surface area (Å²) in [4.78, 5) is 5.30. The molecular formula is C35H37Cl2N3O5. The molecule has 3 atom stereocenters. The van der Waals surface area contributed by atoms with Gasteiger partial charge in [0.05, 0.1) is 23.3 Å². The van der Waals surface area contributed by atoms with Crippen molar-refractivity contribution in [2.24, 2.45) is 0 Å². The van der Waals surface area contributed by atoms with Crippen molar-refractivity contribution in [3.05, 3.63) is 106 Å². The Hall–Kier alpha value is -3.42.